The van der Waals surface area contributed by atoms with Crippen molar-refractivity contribution in [1.29, 1.82) is 0 Å². The number of rotatable bonds is 5. The van der Waals surface area contributed by atoms with E-state index in [9.17, 15) is 9.18 Å². The van der Waals surface area contributed by atoms with E-state index in [1.807, 2.05) is 0 Å². The van der Waals surface area contributed by atoms with Crippen LogP contribution >= 0.6 is 11.6 Å². The largest absolute Gasteiger partial charge is 0.491 e. The van der Waals surface area contributed by atoms with Gasteiger partial charge in [0.05, 0.1) is 41.2 Å². The summed E-state index contributed by atoms with van der Waals surface area (Å²) < 4.78 is 19.8. The lowest BCUT2D eigenvalue weighted by Gasteiger charge is -2.20. The number of halogens is 2. The summed E-state index contributed by atoms with van der Waals surface area (Å²) >= 11 is 6.18. The molecule has 0 radical (unpaired) electrons. The lowest BCUT2D eigenvalue weighted by Crippen LogP contribution is -2.40. The highest BCUT2D eigenvalue weighted by Gasteiger charge is 2.31. The highest BCUT2D eigenvalue weighted by atomic mass is 35.5. The number of carbonyl (C=O) groups is 1. The normalized spacial score (nSPS) is 22.8. The van der Waals surface area contributed by atoms with Crippen molar-refractivity contribution in [2.75, 3.05) is 19.7 Å². The molecule has 1 amide bonds. The van der Waals surface area contributed by atoms with Crippen LogP contribution in [0.1, 0.15) is 40.9 Å². The summed E-state index contributed by atoms with van der Waals surface area (Å²) in [5.41, 5.74) is 15.0. The van der Waals surface area contributed by atoms with Crippen molar-refractivity contribution in [3.05, 3.63) is 57.5 Å². The van der Waals surface area contributed by atoms with Crippen LogP contribution in [0.2, 0.25) is 5.02 Å². The third kappa shape index (κ3) is 4.80. The van der Waals surface area contributed by atoms with Crippen LogP contribution < -0.4 is 21.5 Å². The van der Waals surface area contributed by atoms with E-state index in [1.165, 1.54) is 18.2 Å². The summed E-state index contributed by atoms with van der Waals surface area (Å²) in [5, 5.41) is 3.76. The molecular weight excluding hydrogens is 447 g/mol. The van der Waals surface area contributed by atoms with Crippen molar-refractivity contribution < 1.29 is 13.9 Å². The number of nitrogens with one attached hydrogen (secondary N) is 1. The minimum absolute atomic E-state index is 0.0328. The second-order valence-corrected chi connectivity index (χ2v) is 9.13. The molecule has 3 unspecified atom stereocenters. The second-order valence-electron chi connectivity index (χ2n) is 8.75. The molecule has 8 nitrogen and oxygen atoms in total. The van der Waals surface area contributed by atoms with Crippen LogP contribution in [-0.2, 0) is 0 Å². The predicted octanol–water partition coefficient (Wildman–Crippen LogP) is 2.37. The van der Waals surface area contributed by atoms with E-state index in [0.29, 0.717) is 39.4 Å². The van der Waals surface area contributed by atoms with Gasteiger partial charge in [-0.15, -0.1) is 0 Å². The van der Waals surface area contributed by atoms with Crippen molar-refractivity contribution in [2.24, 2.45) is 17.4 Å². The maximum Gasteiger partial charge on any atom is 0.258 e. The minimum Gasteiger partial charge on any atom is -0.491 e. The van der Waals surface area contributed by atoms with E-state index >= 15 is 0 Å². The molecule has 2 aliphatic rings. The molecule has 0 aliphatic carbocycles. The Morgan fingerprint density at radius 1 is 1.30 bits per heavy atom. The molecule has 1 aromatic carbocycles. The molecular formula is C23H28ClFN6O2. The van der Waals surface area contributed by atoms with Gasteiger partial charge in [0.15, 0.2) is 5.82 Å². The first-order valence-electron chi connectivity index (χ1n) is 10.9. The number of amides is 1. The Hall–Kier alpha value is -2.75. The quantitative estimate of drug-likeness (QED) is 0.608. The van der Waals surface area contributed by atoms with Gasteiger partial charge in [-0.1, -0.05) is 18.5 Å². The molecule has 1 fully saturated rings. The number of hydrogen-bond acceptors (Lipinski definition) is 7. The Kier molecular flexibility index (Phi) is 6.56. The molecule has 3 atom stereocenters. The van der Waals surface area contributed by atoms with E-state index in [-0.39, 0.29) is 49.1 Å². The van der Waals surface area contributed by atoms with Crippen LogP contribution in [-0.4, -0.2) is 52.7 Å². The lowest BCUT2D eigenvalue weighted by molar-refractivity contribution is 0.0794. The van der Waals surface area contributed by atoms with Crippen LogP contribution in [0.5, 0.6) is 5.75 Å². The first-order chi connectivity index (χ1) is 15.6. The van der Waals surface area contributed by atoms with Crippen molar-refractivity contribution in [1.82, 2.24) is 20.2 Å². The number of ether oxygens (including phenoxy) is 1. The van der Waals surface area contributed by atoms with Gasteiger partial charge in [0.2, 0.25) is 0 Å². The molecule has 33 heavy (non-hydrogen) atoms. The molecule has 0 bridgehead atoms. The standard InChI is InChI=1S/C23H28ClFN6O2/c1-11-6-15(30-21(11)27)10-33-19-7-14(25)4-5-16(19)23(32)31-8-17(18(26)9-31)22-28-12(2)20(24)13(3)29-22/h4-5,7,11,15,21,30H,6,8-10,26-27H2,1-3H3. The maximum absolute atomic E-state index is 14.0. The van der Waals surface area contributed by atoms with Gasteiger partial charge in [-0.2, -0.15) is 0 Å². The van der Waals surface area contributed by atoms with E-state index in [1.54, 1.807) is 18.7 Å². The Morgan fingerprint density at radius 2 is 2.00 bits per heavy atom. The summed E-state index contributed by atoms with van der Waals surface area (Å²) in [4.78, 5) is 23.8. The van der Waals surface area contributed by atoms with Gasteiger partial charge in [0.25, 0.3) is 5.91 Å². The average Bonchev–Trinajstić information content (AvgIpc) is 3.31. The zero-order chi connectivity index (χ0) is 23.9. The molecule has 176 valence electrons. The Balaban J connectivity index is 1.51. The number of aryl methyl sites for hydroxylation is 2. The summed E-state index contributed by atoms with van der Waals surface area (Å²) in [6, 6.07) is 3.94. The number of aromatic nitrogens is 2. The van der Waals surface area contributed by atoms with Gasteiger partial charge in [-0.25, -0.2) is 14.4 Å². The summed E-state index contributed by atoms with van der Waals surface area (Å²) in [6.07, 6.45) is 0.738. The van der Waals surface area contributed by atoms with Crippen LogP contribution in [0.3, 0.4) is 0 Å². The maximum atomic E-state index is 14.0. The zero-order valence-electron chi connectivity index (χ0n) is 18.9. The van der Waals surface area contributed by atoms with Gasteiger partial charge >= 0.3 is 0 Å². The minimum atomic E-state index is -0.480. The second kappa shape index (κ2) is 9.24. The smallest absolute Gasteiger partial charge is 0.258 e. The highest BCUT2D eigenvalue weighted by molar-refractivity contribution is 6.31. The van der Waals surface area contributed by atoms with Gasteiger partial charge in [-0.05, 0) is 38.3 Å². The average molecular weight is 475 g/mol. The van der Waals surface area contributed by atoms with E-state index in [0.717, 1.165) is 6.42 Å². The van der Waals surface area contributed by atoms with Crippen LogP contribution in [0.4, 0.5) is 4.39 Å². The zero-order valence-corrected chi connectivity index (χ0v) is 19.6. The summed E-state index contributed by atoms with van der Waals surface area (Å²) in [7, 11) is 0. The molecule has 5 N–H and O–H groups in total. The van der Waals surface area contributed by atoms with Crippen LogP contribution in [0.15, 0.2) is 23.9 Å². The SMILES string of the molecule is Cc1nc(C2=C(N)CN(C(=O)c3ccc(F)cc3OCC3CC(C)C(N)N3)C2)nc(C)c1Cl. The highest BCUT2D eigenvalue weighted by Crippen LogP contribution is 2.29. The van der Waals surface area contributed by atoms with E-state index in [4.69, 9.17) is 27.8 Å². The third-order valence-electron chi connectivity index (χ3n) is 6.15. The van der Waals surface area contributed by atoms with Gasteiger partial charge in [-0.3, -0.25) is 10.1 Å². The molecule has 0 spiro atoms. The monoisotopic (exact) mass is 474 g/mol. The first kappa shape index (κ1) is 23.4. The first-order valence-corrected chi connectivity index (χ1v) is 11.2. The fraction of sp³-hybridized carbons (Fsp3) is 0.435. The summed E-state index contributed by atoms with van der Waals surface area (Å²) in [5.74, 6) is 0.166. The molecule has 2 aromatic rings. The fourth-order valence-corrected chi connectivity index (χ4v) is 4.30. The Bertz CT molecular complexity index is 1090. The van der Waals surface area contributed by atoms with Crippen molar-refractivity contribution in [2.45, 2.75) is 39.4 Å². The number of nitrogens with zero attached hydrogens (tertiary/aromatic N) is 3. The van der Waals surface area contributed by atoms with Crippen molar-refractivity contribution in [3.8, 4) is 5.75 Å². The van der Waals surface area contributed by atoms with E-state index in [2.05, 4.69) is 22.2 Å². The van der Waals surface area contributed by atoms with Crippen molar-refractivity contribution >= 4 is 23.1 Å². The number of nitrogens with two attached hydrogens (primary N) is 2. The van der Waals surface area contributed by atoms with Gasteiger partial charge in [0.1, 0.15) is 18.2 Å². The molecule has 3 heterocycles. The molecule has 1 aromatic heterocycles. The molecule has 0 saturated carbocycles. The topological polar surface area (TPSA) is 119 Å². The molecule has 1 saturated heterocycles. The van der Waals surface area contributed by atoms with Crippen LogP contribution in [0.25, 0.3) is 5.57 Å². The third-order valence-corrected chi connectivity index (χ3v) is 6.70. The number of carbonyl (C=O) groups excluding carboxylic acids is 1. The number of hydrogen-bond donors (Lipinski definition) is 3. The molecule has 2 aliphatic heterocycles. The van der Waals surface area contributed by atoms with Gasteiger partial charge < -0.3 is 21.1 Å². The van der Waals surface area contributed by atoms with Crippen LogP contribution in [0, 0.1) is 25.6 Å². The lowest BCUT2D eigenvalue weighted by atomic mass is 10.1. The Morgan fingerprint density at radius 3 is 2.64 bits per heavy atom. The Labute approximate surface area is 197 Å². The molecule has 10 heteroatoms. The number of benzene rings is 1. The van der Waals surface area contributed by atoms with E-state index < -0.39 is 5.82 Å². The van der Waals surface area contributed by atoms with Gasteiger partial charge in [0, 0.05) is 23.4 Å². The molecule has 4 rings (SSSR count). The van der Waals surface area contributed by atoms with Crippen molar-refractivity contribution in [3.63, 3.8) is 0 Å². The fourth-order valence-electron chi connectivity index (χ4n) is 4.21. The summed E-state index contributed by atoms with van der Waals surface area (Å²) in [6.45, 7) is 6.38. The predicted molar refractivity (Wildman–Crippen MR) is 124 cm³/mol.